The monoisotopic (exact) mass is 290 g/mol. The van der Waals surface area contributed by atoms with Crippen LogP contribution in [0, 0.1) is 0 Å². The number of carbonyl (C=O) groups is 1. The molecule has 0 aliphatic heterocycles. The lowest BCUT2D eigenvalue weighted by molar-refractivity contribution is -0.125. The third kappa shape index (κ3) is 5.78. The molecule has 0 aliphatic rings. The van der Waals surface area contributed by atoms with Gasteiger partial charge in [0.1, 0.15) is 0 Å². The molecule has 0 atom stereocenters. The number of amides is 1. The summed E-state index contributed by atoms with van der Waals surface area (Å²) in [6, 6.07) is 7.55. The Balaban J connectivity index is 2.35. The lowest BCUT2D eigenvalue weighted by Crippen LogP contribution is -2.40. The quantitative estimate of drug-likeness (QED) is 0.533. The Morgan fingerprint density at radius 3 is 2.24 bits per heavy atom. The fourth-order valence-corrected chi connectivity index (χ4v) is 2.36. The molecule has 0 saturated heterocycles. The molecule has 3 nitrogen and oxygen atoms in total. The van der Waals surface area contributed by atoms with Crippen LogP contribution >= 0.6 is 0 Å². The Kier molecular flexibility index (Phi) is 7.27. The second-order valence-electron chi connectivity index (χ2n) is 6.27. The minimum absolute atomic E-state index is 0.0841. The molecule has 1 aromatic rings. The van der Waals surface area contributed by atoms with Crippen molar-refractivity contribution in [3.8, 4) is 0 Å². The number of unbranched alkanes of at least 4 members (excludes halogenated alkanes) is 5. The van der Waals surface area contributed by atoms with Gasteiger partial charge in [-0.05, 0) is 38.0 Å². The standard InChI is InChI=1S/C18H30N2O/c1-4-5-6-7-8-9-14-20-17(21)18(2,3)15-10-12-16(19)13-11-15/h10-13H,4-9,14,19H2,1-3H3,(H,20,21). The third-order valence-corrected chi connectivity index (χ3v) is 4.02. The van der Waals surface area contributed by atoms with E-state index < -0.39 is 5.41 Å². The van der Waals surface area contributed by atoms with E-state index in [0.717, 1.165) is 24.2 Å². The molecule has 0 saturated carbocycles. The van der Waals surface area contributed by atoms with Gasteiger partial charge in [0, 0.05) is 12.2 Å². The first-order valence-electron chi connectivity index (χ1n) is 8.12. The largest absolute Gasteiger partial charge is 0.399 e. The number of nitrogen functional groups attached to an aromatic ring is 1. The number of hydrogen-bond donors (Lipinski definition) is 2. The van der Waals surface area contributed by atoms with Crippen LogP contribution in [0.2, 0.25) is 0 Å². The first-order valence-corrected chi connectivity index (χ1v) is 8.12. The van der Waals surface area contributed by atoms with Crippen LogP contribution < -0.4 is 11.1 Å². The maximum Gasteiger partial charge on any atom is 0.230 e. The van der Waals surface area contributed by atoms with Gasteiger partial charge in [0.15, 0.2) is 0 Å². The smallest absolute Gasteiger partial charge is 0.230 e. The predicted molar refractivity (Wildman–Crippen MR) is 90.3 cm³/mol. The topological polar surface area (TPSA) is 55.1 Å². The Labute approximate surface area is 129 Å². The average molecular weight is 290 g/mol. The van der Waals surface area contributed by atoms with Gasteiger partial charge in [-0.2, -0.15) is 0 Å². The van der Waals surface area contributed by atoms with Gasteiger partial charge >= 0.3 is 0 Å². The van der Waals surface area contributed by atoms with Crippen molar-refractivity contribution in [2.45, 2.75) is 64.7 Å². The Morgan fingerprint density at radius 1 is 1.05 bits per heavy atom. The molecule has 0 bridgehead atoms. The molecule has 0 radical (unpaired) electrons. The van der Waals surface area contributed by atoms with Gasteiger partial charge in [0.05, 0.1) is 5.41 Å². The summed E-state index contributed by atoms with van der Waals surface area (Å²) in [5.41, 5.74) is 6.90. The molecule has 1 aromatic carbocycles. The van der Waals surface area contributed by atoms with Crippen molar-refractivity contribution in [2.75, 3.05) is 12.3 Å². The Morgan fingerprint density at radius 2 is 1.62 bits per heavy atom. The number of hydrogen-bond acceptors (Lipinski definition) is 2. The maximum atomic E-state index is 12.3. The summed E-state index contributed by atoms with van der Waals surface area (Å²) in [6.07, 6.45) is 7.42. The van der Waals surface area contributed by atoms with Crippen LogP contribution in [-0.2, 0) is 10.2 Å². The van der Waals surface area contributed by atoms with Crippen LogP contribution in [0.5, 0.6) is 0 Å². The molecule has 0 unspecified atom stereocenters. The number of rotatable bonds is 9. The maximum absolute atomic E-state index is 12.3. The number of anilines is 1. The number of nitrogens with two attached hydrogens (primary N) is 1. The zero-order valence-corrected chi connectivity index (χ0v) is 13.7. The zero-order chi connectivity index (χ0) is 15.7. The van der Waals surface area contributed by atoms with E-state index in [1.807, 2.05) is 38.1 Å². The van der Waals surface area contributed by atoms with Crippen molar-refractivity contribution in [1.29, 1.82) is 0 Å². The van der Waals surface area contributed by atoms with Gasteiger partial charge in [-0.1, -0.05) is 51.2 Å². The molecule has 0 aromatic heterocycles. The minimum Gasteiger partial charge on any atom is -0.399 e. The third-order valence-electron chi connectivity index (χ3n) is 4.02. The summed E-state index contributed by atoms with van der Waals surface area (Å²) in [4.78, 5) is 12.3. The summed E-state index contributed by atoms with van der Waals surface area (Å²) in [7, 11) is 0. The van der Waals surface area contributed by atoms with Crippen LogP contribution in [-0.4, -0.2) is 12.5 Å². The van der Waals surface area contributed by atoms with E-state index in [-0.39, 0.29) is 5.91 Å². The van der Waals surface area contributed by atoms with Crippen molar-refractivity contribution >= 4 is 11.6 Å². The molecule has 1 rings (SSSR count). The molecule has 0 fully saturated rings. The first-order chi connectivity index (χ1) is 9.98. The van der Waals surface area contributed by atoms with Crippen LogP contribution in [0.25, 0.3) is 0 Å². The molecule has 118 valence electrons. The fraction of sp³-hybridized carbons (Fsp3) is 0.611. The highest BCUT2D eigenvalue weighted by atomic mass is 16.2. The predicted octanol–water partition coefficient (Wildman–Crippen LogP) is 4.02. The second-order valence-corrected chi connectivity index (χ2v) is 6.27. The van der Waals surface area contributed by atoms with Gasteiger partial charge < -0.3 is 11.1 Å². The highest BCUT2D eigenvalue weighted by molar-refractivity contribution is 5.87. The van der Waals surface area contributed by atoms with E-state index in [2.05, 4.69) is 12.2 Å². The molecular weight excluding hydrogens is 260 g/mol. The van der Waals surface area contributed by atoms with Crippen LogP contribution in [0.1, 0.15) is 64.9 Å². The fourth-order valence-electron chi connectivity index (χ4n) is 2.36. The molecule has 3 heteroatoms. The van der Waals surface area contributed by atoms with Crippen molar-refractivity contribution in [3.05, 3.63) is 29.8 Å². The second kappa shape index (κ2) is 8.71. The summed E-state index contributed by atoms with van der Waals surface area (Å²) in [5.74, 6) is 0.0841. The van der Waals surface area contributed by atoms with Crippen LogP contribution in [0.3, 0.4) is 0 Å². The van der Waals surface area contributed by atoms with Gasteiger partial charge in [0.2, 0.25) is 5.91 Å². The number of nitrogens with one attached hydrogen (secondary N) is 1. The van der Waals surface area contributed by atoms with Gasteiger partial charge in [-0.15, -0.1) is 0 Å². The van der Waals surface area contributed by atoms with E-state index in [9.17, 15) is 4.79 Å². The van der Waals surface area contributed by atoms with E-state index in [0.29, 0.717) is 0 Å². The van der Waals surface area contributed by atoms with Crippen molar-refractivity contribution in [3.63, 3.8) is 0 Å². The summed E-state index contributed by atoms with van der Waals surface area (Å²) in [6.45, 7) is 6.90. The molecule has 0 aliphatic carbocycles. The van der Waals surface area contributed by atoms with E-state index in [1.165, 1.54) is 32.1 Å². The van der Waals surface area contributed by atoms with Crippen molar-refractivity contribution in [2.24, 2.45) is 0 Å². The number of carbonyl (C=O) groups excluding carboxylic acids is 1. The first kappa shape index (κ1) is 17.5. The van der Waals surface area contributed by atoms with Gasteiger partial charge in [0.25, 0.3) is 0 Å². The van der Waals surface area contributed by atoms with Crippen molar-refractivity contribution < 1.29 is 4.79 Å². The molecule has 0 spiro atoms. The lowest BCUT2D eigenvalue weighted by Gasteiger charge is -2.24. The molecule has 0 heterocycles. The zero-order valence-electron chi connectivity index (χ0n) is 13.7. The number of benzene rings is 1. The lowest BCUT2D eigenvalue weighted by atomic mass is 9.83. The van der Waals surface area contributed by atoms with E-state index in [1.54, 1.807) is 0 Å². The molecular formula is C18H30N2O. The summed E-state index contributed by atoms with van der Waals surface area (Å²) in [5, 5.41) is 3.06. The normalized spacial score (nSPS) is 11.4. The van der Waals surface area contributed by atoms with Crippen LogP contribution in [0.15, 0.2) is 24.3 Å². The van der Waals surface area contributed by atoms with Crippen molar-refractivity contribution in [1.82, 2.24) is 5.32 Å². The molecule has 1 amide bonds. The van der Waals surface area contributed by atoms with Gasteiger partial charge in [-0.25, -0.2) is 0 Å². The highest BCUT2D eigenvalue weighted by Gasteiger charge is 2.29. The molecule has 21 heavy (non-hydrogen) atoms. The summed E-state index contributed by atoms with van der Waals surface area (Å²) < 4.78 is 0. The SMILES string of the molecule is CCCCCCCCNC(=O)C(C)(C)c1ccc(N)cc1. The minimum atomic E-state index is -0.518. The Hall–Kier alpha value is -1.51. The van der Waals surface area contributed by atoms with Gasteiger partial charge in [-0.3, -0.25) is 4.79 Å². The Bertz CT molecular complexity index is 423. The van der Waals surface area contributed by atoms with Crippen LogP contribution in [0.4, 0.5) is 5.69 Å². The van der Waals surface area contributed by atoms with E-state index >= 15 is 0 Å². The average Bonchev–Trinajstić information content (AvgIpc) is 2.46. The highest BCUT2D eigenvalue weighted by Crippen LogP contribution is 2.24. The summed E-state index contributed by atoms with van der Waals surface area (Å²) >= 11 is 0. The molecule has 3 N–H and O–H groups in total. The van der Waals surface area contributed by atoms with E-state index in [4.69, 9.17) is 5.73 Å².